The Morgan fingerprint density at radius 2 is 1.83 bits per heavy atom. The van der Waals surface area contributed by atoms with Gasteiger partial charge < -0.3 is 4.74 Å². The fourth-order valence-corrected chi connectivity index (χ4v) is 2.39. The number of hydrazone groups is 1. The molecular weight excluding hydrogens is 377 g/mol. The average molecular weight is 393 g/mol. The quantitative estimate of drug-likeness (QED) is 0.372. The molecule has 0 aliphatic rings. The van der Waals surface area contributed by atoms with E-state index in [0.29, 0.717) is 12.4 Å². The average Bonchev–Trinajstić information content (AvgIpc) is 2.74. The van der Waals surface area contributed by atoms with Gasteiger partial charge in [0, 0.05) is 17.7 Å². The molecule has 1 amide bonds. The van der Waals surface area contributed by atoms with Crippen LogP contribution in [0.2, 0.25) is 0 Å². The molecule has 0 aliphatic heterocycles. The summed E-state index contributed by atoms with van der Waals surface area (Å²) in [5.41, 5.74) is 3.87. The van der Waals surface area contributed by atoms with Gasteiger partial charge in [0.25, 0.3) is 11.6 Å². The van der Waals surface area contributed by atoms with Crippen LogP contribution in [0.4, 0.5) is 10.1 Å². The number of non-ortho nitro benzene ring substituents is 1. The van der Waals surface area contributed by atoms with Crippen molar-refractivity contribution in [3.8, 4) is 5.75 Å². The van der Waals surface area contributed by atoms with Crippen LogP contribution >= 0.6 is 0 Å². The molecule has 0 radical (unpaired) electrons. The van der Waals surface area contributed by atoms with E-state index in [2.05, 4.69) is 10.5 Å². The Balaban J connectivity index is 1.53. The van der Waals surface area contributed by atoms with Crippen LogP contribution in [-0.4, -0.2) is 17.0 Å². The largest absolute Gasteiger partial charge is 0.489 e. The highest BCUT2D eigenvalue weighted by Crippen LogP contribution is 2.14. The number of nitrogens with zero attached hydrogens (tertiary/aromatic N) is 2. The number of amides is 1. The first-order chi connectivity index (χ1) is 14.0. The number of hydrogen-bond donors (Lipinski definition) is 1. The molecule has 0 atom stereocenters. The number of nitro benzene ring substituents is 1. The highest BCUT2D eigenvalue weighted by Gasteiger charge is 2.10. The first-order valence-electron chi connectivity index (χ1n) is 8.56. The summed E-state index contributed by atoms with van der Waals surface area (Å²) in [5.74, 6) is -0.216. The number of rotatable bonds is 7. The molecule has 1 N–H and O–H groups in total. The number of carbonyl (C=O) groups is 1. The molecule has 3 aromatic rings. The Kier molecular flexibility index (Phi) is 6.26. The Labute approximate surface area is 165 Å². The molecule has 3 rings (SSSR count). The molecule has 0 saturated heterocycles. The first kappa shape index (κ1) is 19.7. The molecule has 29 heavy (non-hydrogen) atoms. The first-order valence-corrected chi connectivity index (χ1v) is 8.56. The maximum absolute atomic E-state index is 12.9. The van der Waals surface area contributed by atoms with Crippen molar-refractivity contribution in [1.82, 2.24) is 5.43 Å². The van der Waals surface area contributed by atoms with Crippen molar-refractivity contribution in [2.45, 2.75) is 6.61 Å². The standard InChI is InChI=1S/C21H16FN3O4/c22-18-8-4-16(5-9-18)14-29-20-10-6-15(7-11-20)13-23-24-21(26)17-2-1-3-19(12-17)25(27)28/h1-13H,14H2,(H,24,26)/b23-13-. The number of halogens is 1. The van der Waals surface area contributed by atoms with Crippen molar-refractivity contribution >= 4 is 17.8 Å². The number of benzene rings is 3. The van der Waals surface area contributed by atoms with Gasteiger partial charge in [0.2, 0.25) is 0 Å². The van der Waals surface area contributed by atoms with E-state index in [9.17, 15) is 19.3 Å². The fourth-order valence-electron chi connectivity index (χ4n) is 2.39. The van der Waals surface area contributed by atoms with E-state index < -0.39 is 10.8 Å². The molecule has 0 unspecified atom stereocenters. The van der Waals surface area contributed by atoms with Gasteiger partial charge >= 0.3 is 0 Å². The maximum Gasteiger partial charge on any atom is 0.271 e. The second kappa shape index (κ2) is 9.23. The van der Waals surface area contributed by atoms with Crippen molar-refractivity contribution in [3.05, 3.63) is 105 Å². The van der Waals surface area contributed by atoms with Gasteiger partial charge in [-0.1, -0.05) is 18.2 Å². The third-order valence-corrected chi connectivity index (χ3v) is 3.90. The van der Waals surface area contributed by atoms with E-state index >= 15 is 0 Å². The molecule has 7 nitrogen and oxygen atoms in total. The third-order valence-electron chi connectivity index (χ3n) is 3.90. The minimum absolute atomic E-state index is 0.140. The summed E-state index contributed by atoms with van der Waals surface area (Å²) in [4.78, 5) is 22.2. The van der Waals surface area contributed by atoms with Crippen LogP contribution in [0, 0.1) is 15.9 Å². The van der Waals surface area contributed by atoms with E-state index in [1.54, 1.807) is 36.4 Å². The summed E-state index contributed by atoms with van der Waals surface area (Å²) in [6, 6.07) is 18.4. The van der Waals surface area contributed by atoms with Crippen LogP contribution in [0.1, 0.15) is 21.5 Å². The van der Waals surface area contributed by atoms with Crippen LogP contribution in [0.3, 0.4) is 0 Å². The SMILES string of the molecule is O=C(N/N=C\c1ccc(OCc2ccc(F)cc2)cc1)c1cccc([N+](=O)[O-])c1. The summed E-state index contributed by atoms with van der Waals surface area (Å²) in [6.07, 6.45) is 1.44. The highest BCUT2D eigenvalue weighted by atomic mass is 19.1. The minimum atomic E-state index is -0.570. The van der Waals surface area contributed by atoms with Crippen LogP contribution in [0.5, 0.6) is 5.75 Å². The second-order valence-corrected chi connectivity index (χ2v) is 5.99. The zero-order valence-electron chi connectivity index (χ0n) is 15.1. The number of hydrogen-bond acceptors (Lipinski definition) is 5. The molecule has 0 bridgehead atoms. The Morgan fingerprint density at radius 3 is 2.52 bits per heavy atom. The van der Waals surface area contributed by atoms with E-state index in [4.69, 9.17) is 4.74 Å². The van der Waals surface area contributed by atoms with E-state index in [1.165, 1.54) is 42.6 Å². The van der Waals surface area contributed by atoms with Gasteiger partial charge in [0.05, 0.1) is 11.1 Å². The predicted molar refractivity (Wildman–Crippen MR) is 105 cm³/mol. The lowest BCUT2D eigenvalue weighted by Gasteiger charge is -2.06. The lowest BCUT2D eigenvalue weighted by Crippen LogP contribution is -2.17. The Hall–Kier alpha value is -4.07. The van der Waals surface area contributed by atoms with Gasteiger partial charge in [0.15, 0.2) is 0 Å². The van der Waals surface area contributed by atoms with E-state index in [-0.39, 0.29) is 17.1 Å². The van der Waals surface area contributed by atoms with Crippen LogP contribution < -0.4 is 10.2 Å². The van der Waals surface area contributed by atoms with Crippen LogP contribution in [0.15, 0.2) is 77.9 Å². The summed E-state index contributed by atoms with van der Waals surface area (Å²) >= 11 is 0. The summed E-state index contributed by atoms with van der Waals surface area (Å²) in [7, 11) is 0. The molecule has 8 heteroatoms. The van der Waals surface area contributed by atoms with Crippen molar-refractivity contribution in [1.29, 1.82) is 0 Å². The number of nitro groups is 1. The van der Waals surface area contributed by atoms with Gasteiger partial charge in [-0.2, -0.15) is 5.10 Å². The van der Waals surface area contributed by atoms with Gasteiger partial charge in [-0.05, 0) is 53.6 Å². The van der Waals surface area contributed by atoms with Crippen molar-refractivity contribution < 1.29 is 18.8 Å². The second-order valence-electron chi connectivity index (χ2n) is 5.99. The van der Waals surface area contributed by atoms with E-state index in [1.807, 2.05) is 0 Å². The molecule has 0 aliphatic carbocycles. The molecule has 0 fully saturated rings. The molecule has 0 spiro atoms. The smallest absolute Gasteiger partial charge is 0.271 e. The fraction of sp³-hybridized carbons (Fsp3) is 0.0476. The molecule has 3 aromatic carbocycles. The lowest BCUT2D eigenvalue weighted by atomic mass is 10.2. The van der Waals surface area contributed by atoms with Crippen molar-refractivity contribution in [2.75, 3.05) is 0 Å². The molecular formula is C21H16FN3O4. The number of nitrogens with one attached hydrogen (secondary N) is 1. The molecule has 0 aromatic heterocycles. The van der Waals surface area contributed by atoms with Crippen molar-refractivity contribution in [2.24, 2.45) is 5.10 Å². The van der Waals surface area contributed by atoms with Crippen LogP contribution in [0.25, 0.3) is 0 Å². The van der Waals surface area contributed by atoms with Gasteiger partial charge in [-0.15, -0.1) is 0 Å². The molecule has 0 saturated carbocycles. The van der Waals surface area contributed by atoms with Gasteiger partial charge in [-0.25, -0.2) is 9.82 Å². The predicted octanol–water partition coefficient (Wildman–Crippen LogP) is 4.08. The zero-order chi connectivity index (χ0) is 20.6. The van der Waals surface area contributed by atoms with Crippen LogP contribution in [-0.2, 0) is 6.61 Å². The molecule has 146 valence electrons. The monoisotopic (exact) mass is 393 g/mol. The number of ether oxygens (including phenoxy) is 1. The van der Waals surface area contributed by atoms with Crippen molar-refractivity contribution in [3.63, 3.8) is 0 Å². The minimum Gasteiger partial charge on any atom is -0.489 e. The van der Waals surface area contributed by atoms with Gasteiger partial charge in [0.1, 0.15) is 18.2 Å². The summed E-state index contributed by atoms with van der Waals surface area (Å²) in [5, 5.41) is 14.6. The third kappa shape index (κ3) is 5.70. The maximum atomic E-state index is 12.9. The zero-order valence-corrected chi connectivity index (χ0v) is 15.1. The molecule has 0 heterocycles. The van der Waals surface area contributed by atoms with Gasteiger partial charge in [-0.3, -0.25) is 14.9 Å². The Bertz CT molecular complexity index is 1030. The lowest BCUT2D eigenvalue weighted by molar-refractivity contribution is -0.384. The number of carbonyl (C=O) groups excluding carboxylic acids is 1. The topological polar surface area (TPSA) is 93.8 Å². The Morgan fingerprint density at radius 1 is 1.10 bits per heavy atom. The summed E-state index contributed by atoms with van der Waals surface area (Å²) in [6.45, 7) is 0.312. The highest BCUT2D eigenvalue weighted by molar-refractivity contribution is 5.95. The van der Waals surface area contributed by atoms with E-state index in [0.717, 1.165) is 11.1 Å². The summed E-state index contributed by atoms with van der Waals surface area (Å²) < 4.78 is 18.5. The normalized spacial score (nSPS) is 10.7.